The summed E-state index contributed by atoms with van der Waals surface area (Å²) in [7, 11) is 0. The second-order valence-electron chi connectivity index (χ2n) is 5.54. The topological polar surface area (TPSA) is 69.6 Å². The summed E-state index contributed by atoms with van der Waals surface area (Å²) < 4.78 is 0. The monoisotopic (exact) mass is 352 g/mol. The third-order valence-corrected chi connectivity index (χ3v) is 4.24. The maximum Gasteiger partial charge on any atom is 0.335 e. The number of nitrogens with one attached hydrogen (secondary N) is 1. The first kappa shape index (κ1) is 16.9. The van der Waals surface area contributed by atoms with E-state index in [4.69, 9.17) is 17.3 Å². The number of carboxylic acid groups (broad SMARTS) is 1. The van der Waals surface area contributed by atoms with Crippen LogP contribution >= 0.6 is 12.2 Å². The van der Waals surface area contributed by atoms with Crippen LogP contribution in [0.15, 0.2) is 54.2 Å². The maximum absolute atomic E-state index is 12.8. The highest BCUT2D eigenvalue weighted by molar-refractivity contribution is 7.80. The molecule has 0 aromatic heterocycles. The number of anilines is 1. The van der Waals surface area contributed by atoms with Crippen LogP contribution in [0.25, 0.3) is 6.08 Å². The predicted molar refractivity (Wildman–Crippen MR) is 100 cm³/mol. The molecule has 0 saturated carbocycles. The lowest BCUT2D eigenvalue weighted by Crippen LogP contribution is -2.31. The van der Waals surface area contributed by atoms with Crippen molar-refractivity contribution in [2.45, 2.75) is 13.3 Å². The minimum atomic E-state index is -0.988. The van der Waals surface area contributed by atoms with E-state index in [2.05, 4.69) is 5.32 Å². The Morgan fingerprint density at radius 3 is 2.52 bits per heavy atom. The Bertz CT molecular complexity index is 888. The molecule has 0 atom stereocenters. The van der Waals surface area contributed by atoms with Crippen LogP contribution in [0.4, 0.5) is 5.69 Å². The van der Waals surface area contributed by atoms with E-state index < -0.39 is 5.97 Å². The van der Waals surface area contributed by atoms with E-state index in [-0.39, 0.29) is 11.5 Å². The van der Waals surface area contributed by atoms with E-state index in [0.717, 1.165) is 17.7 Å². The zero-order valence-corrected chi connectivity index (χ0v) is 14.3. The van der Waals surface area contributed by atoms with Gasteiger partial charge in [0.25, 0.3) is 5.91 Å². The van der Waals surface area contributed by atoms with E-state index in [1.54, 1.807) is 18.2 Å². The Morgan fingerprint density at radius 2 is 1.88 bits per heavy atom. The molecule has 0 radical (unpaired) electrons. The van der Waals surface area contributed by atoms with Crippen molar-refractivity contribution < 1.29 is 14.7 Å². The number of aryl methyl sites for hydroxylation is 1. The van der Waals surface area contributed by atoms with Gasteiger partial charge in [0.2, 0.25) is 0 Å². The first-order chi connectivity index (χ1) is 12.0. The highest BCUT2D eigenvalue weighted by Crippen LogP contribution is 2.26. The van der Waals surface area contributed by atoms with Crippen molar-refractivity contribution in [2.24, 2.45) is 0 Å². The molecule has 0 spiro atoms. The summed E-state index contributed by atoms with van der Waals surface area (Å²) in [6.45, 7) is 2.02. The van der Waals surface area contributed by atoms with Crippen molar-refractivity contribution in [3.8, 4) is 0 Å². The van der Waals surface area contributed by atoms with Gasteiger partial charge in [0.05, 0.1) is 11.3 Å². The lowest BCUT2D eigenvalue weighted by atomic mass is 10.1. The summed E-state index contributed by atoms with van der Waals surface area (Å²) in [6, 6.07) is 13.9. The average molecular weight is 352 g/mol. The summed E-state index contributed by atoms with van der Waals surface area (Å²) in [5, 5.41) is 12.2. The normalized spacial score (nSPS) is 15.6. The second-order valence-corrected chi connectivity index (χ2v) is 5.92. The molecule has 0 aliphatic carbocycles. The summed E-state index contributed by atoms with van der Waals surface area (Å²) in [4.78, 5) is 25.2. The summed E-state index contributed by atoms with van der Waals surface area (Å²) >= 11 is 5.33. The Hall–Kier alpha value is -2.99. The van der Waals surface area contributed by atoms with Crippen molar-refractivity contribution in [1.29, 1.82) is 0 Å². The van der Waals surface area contributed by atoms with Crippen molar-refractivity contribution in [1.82, 2.24) is 5.32 Å². The number of para-hydroxylation sites is 1. The van der Waals surface area contributed by atoms with Crippen LogP contribution in [-0.4, -0.2) is 22.1 Å². The van der Waals surface area contributed by atoms with E-state index in [0.29, 0.717) is 16.4 Å². The van der Waals surface area contributed by atoms with Crippen LogP contribution in [0, 0.1) is 0 Å². The smallest absolute Gasteiger partial charge is 0.335 e. The van der Waals surface area contributed by atoms with Gasteiger partial charge in [-0.05, 0) is 54.0 Å². The highest BCUT2D eigenvalue weighted by Gasteiger charge is 2.32. The van der Waals surface area contributed by atoms with Gasteiger partial charge in [-0.2, -0.15) is 0 Å². The molecule has 1 saturated heterocycles. The van der Waals surface area contributed by atoms with Crippen molar-refractivity contribution in [3.63, 3.8) is 0 Å². The molecule has 5 nitrogen and oxygen atoms in total. The number of rotatable bonds is 4. The standard InChI is InChI=1S/C19H16N2O3S/c1-2-13-5-3-4-6-16(13)21-17(22)15(20-19(21)25)11-12-7-9-14(10-8-12)18(23)24/h3-11H,2H2,1H3,(H,20,25)(H,23,24)/b15-11+. The fourth-order valence-electron chi connectivity index (χ4n) is 2.67. The fourth-order valence-corrected chi connectivity index (χ4v) is 2.96. The van der Waals surface area contributed by atoms with Crippen molar-refractivity contribution in [2.75, 3.05) is 4.90 Å². The molecule has 1 aliphatic rings. The predicted octanol–water partition coefficient (Wildman–Crippen LogP) is 3.21. The van der Waals surface area contributed by atoms with Crippen molar-refractivity contribution >= 4 is 41.0 Å². The molecular formula is C19H16N2O3S. The molecule has 25 heavy (non-hydrogen) atoms. The molecular weight excluding hydrogens is 336 g/mol. The first-order valence-electron chi connectivity index (χ1n) is 7.79. The third-order valence-electron chi connectivity index (χ3n) is 3.96. The number of hydrogen-bond donors (Lipinski definition) is 2. The number of carboxylic acids is 1. The largest absolute Gasteiger partial charge is 0.478 e. The Balaban J connectivity index is 1.92. The van der Waals surface area contributed by atoms with Crippen LogP contribution in [0.5, 0.6) is 0 Å². The molecule has 126 valence electrons. The Kier molecular flexibility index (Phi) is 4.63. The first-order valence-corrected chi connectivity index (χ1v) is 8.20. The van der Waals surface area contributed by atoms with Crippen LogP contribution < -0.4 is 10.2 Å². The molecule has 2 aromatic rings. The van der Waals surface area contributed by atoms with Gasteiger partial charge in [-0.1, -0.05) is 37.3 Å². The van der Waals surface area contributed by atoms with E-state index in [1.807, 2.05) is 31.2 Å². The minimum absolute atomic E-state index is 0.196. The molecule has 2 aromatic carbocycles. The number of thiocarbonyl (C=S) groups is 1. The molecule has 1 heterocycles. The van der Waals surface area contributed by atoms with Gasteiger partial charge < -0.3 is 10.4 Å². The third kappa shape index (κ3) is 3.29. The molecule has 1 amide bonds. The van der Waals surface area contributed by atoms with E-state index in [1.165, 1.54) is 17.0 Å². The van der Waals surface area contributed by atoms with Gasteiger partial charge in [0, 0.05) is 0 Å². The van der Waals surface area contributed by atoms with Crippen LogP contribution in [0.1, 0.15) is 28.4 Å². The minimum Gasteiger partial charge on any atom is -0.478 e. The quantitative estimate of drug-likeness (QED) is 0.653. The number of carbonyl (C=O) groups is 2. The fraction of sp³-hybridized carbons (Fsp3) is 0.105. The number of benzene rings is 2. The zero-order valence-electron chi connectivity index (χ0n) is 13.5. The van der Waals surface area contributed by atoms with Gasteiger partial charge in [-0.3, -0.25) is 9.69 Å². The Morgan fingerprint density at radius 1 is 1.20 bits per heavy atom. The SMILES string of the molecule is CCc1ccccc1N1C(=O)/C(=C\c2ccc(C(=O)O)cc2)NC1=S. The van der Waals surface area contributed by atoms with E-state index >= 15 is 0 Å². The average Bonchev–Trinajstić information content (AvgIpc) is 2.89. The lowest BCUT2D eigenvalue weighted by molar-refractivity contribution is -0.113. The van der Waals surface area contributed by atoms with Gasteiger partial charge in [-0.25, -0.2) is 4.79 Å². The Labute approximate surface area is 150 Å². The van der Waals surface area contributed by atoms with Gasteiger partial charge >= 0.3 is 5.97 Å². The number of amides is 1. The molecule has 0 bridgehead atoms. The van der Waals surface area contributed by atoms with Gasteiger partial charge in [-0.15, -0.1) is 0 Å². The summed E-state index contributed by atoms with van der Waals surface area (Å²) in [6.07, 6.45) is 2.45. The van der Waals surface area contributed by atoms with Gasteiger partial charge in [0.15, 0.2) is 5.11 Å². The molecule has 0 unspecified atom stereocenters. The molecule has 1 aliphatic heterocycles. The molecule has 6 heteroatoms. The molecule has 2 N–H and O–H groups in total. The number of hydrogen-bond acceptors (Lipinski definition) is 3. The second kappa shape index (κ2) is 6.86. The maximum atomic E-state index is 12.8. The lowest BCUT2D eigenvalue weighted by Gasteiger charge is -2.17. The van der Waals surface area contributed by atoms with Crippen LogP contribution in [-0.2, 0) is 11.2 Å². The van der Waals surface area contributed by atoms with E-state index in [9.17, 15) is 9.59 Å². The molecule has 3 rings (SSSR count). The summed E-state index contributed by atoms with van der Waals surface area (Å²) in [5.74, 6) is -1.22. The zero-order chi connectivity index (χ0) is 18.0. The van der Waals surface area contributed by atoms with Gasteiger partial charge in [0.1, 0.15) is 5.70 Å². The number of aromatic carboxylic acids is 1. The molecule has 1 fully saturated rings. The van der Waals surface area contributed by atoms with Crippen LogP contribution in [0.3, 0.4) is 0 Å². The van der Waals surface area contributed by atoms with Crippen LogP contribution in [0.2, 0.25) is 0 Å². The summed E-state index contributed by atoms with van der Waals surface area (Å²) in [5.41, 5.74) is 3.08. The number of nitrogens with zero attached hydrogens (tertiary/aromatic N) is 1. The number of carbonyl (C=O) groups excluding carboxylic acids is 1. The highest BCUT2D eigenvalue weighted by atomic mass is 32.1. The van der Waals surface area contributed by atoms with Crippen molar-refractivity contribution in [3.05, 3.63) is 70.9 Å².